The summed E-state index contributed by atoms with van der Waals surface area (Å²) in [6.07, 6.45) is 2.02. The van der Waals surface area contributed by atoms with Crippen molar-refractivity contribution in [1.82, 2.24) is 9.88 Å². The Kier molecular flexibility index (Phi) is 4.16. The second-order valence-corrected chi connectivity index (χ2v) is 5.64. The lowest BCUT2D eigenvalue weighted by Gasteiger charge is -2.29. The van der Waals surface area contributed by atoms with E-state index in [1.165, 1.54) is 12.3 Å². The lowest BCUT2D eigenvalue weighted by Crippen LogP contribution is -2.39. The first-order valence-electron chi connectivity index (χ1n) is 7.06. The third-order valence-electron chi connectivity index (χ3n) is 3.71. The fourth-order valence-corrected chi connectivity index (χ4v) is 2.77. The number of anilines is 1. The van der Waals surface area contributed by atoms with E-state index in [2.05, 4.69) is 10.3 Å². The number of carbonyl (C=O) groups excluding carboxylic acids is 1. The Labute approximate surface area is 137 Å². The van der Waals surface area contributed by atoms with Gasteiger partial charge in [-0.15, -0.1) is 0 Å². The molecule has 0 atom stereocenters. The van der Waals surface area contributed by atoms with Crippen LogP contribution in [0.3, 0.4) is 0 Å². The number of hydrogen-bond donors (Lipinski definition) is 2. The number of carboxylic acids is 1. The van der Waals surface area contributed by atoms with Crippen molar-refractivity contribution in [3.63, 3.8) is 0 Å². The highest BCUT2D eigenvalue weighted by Crippen LogP contribution is 2.22. The van der Waals surface area contributed by atoms with Crippen LogP contribution in [0.15, 0.2) is 36.5 Å². The number of urea groups is 1. The number of rotatable bonds is 2. The molecule has 0 fully saturated rings. The number of carbonyl (C=O) groups is 2. The van der Waals surface area contributed by atoms with Gasteiger partial charge in [0.25, 0.3) is 0 Å². The van der Waals surface area contributed by atoms with Gasteiger partial charge in [-0.3, -0.25) is 4.98 Å². The predicted molar refractivity (Wildman–Crippen MR) is 85.8 cm³/mol. The smallest absolute Gasteiger partial charge is 0.336 e. The molecule has 2 amide bonds. The molecule has 1 aliphatic rings. The molecule has 0 aliphatic carbocycles. The number of nitrogens with zero attached hydrogens (tertiary/aromatic N) is 2. The molecule has 7 heteroatoms. The molecule has 0 bridgehead atoms. The van der Waals surface area contributed by atoms with Crippen LogP contribution in [0, 0.1) is 0 Å². The number of benzene rings is 1. The Morgan fingerprint density at radius 1 is 1.30 bits per heavy atom. The Bertz CT molecular complexity index is 779. The summed E-state index contributed by atoms with van der Waals surface area (Å²) in [6, 6.07) is 8.03. The minimum absolute atomic E-state index is 0.190. The van der Waals surface area contributed by atoms with Gasteiger partial charge in [0, 0.05) is 41.1 Å². The third kappa shape index (κ3) is 3.27. The number of halogens is 1. The molecular formula is C16H14ClN3O3. The van der Waals surface area contributed by atoms with Crippen molar-refractivity contribution < 1.29 is 14.7 Å². The van der Waals surface area contributed by atoms with Crippen molar-refractivity contribution in [3.05, 3.63) is 58.4 Å². The molecule has 0 radical (unpaired) electrons. The van der Waals surface area contributed by atoms with E-state index in [1.54, 1.807) is 29.2 Å². The average molecular weight is 332 g/mol. The maximum Gasteiger partial charge on any atom is 0.336 e. The fraction of sp³-hybridized carbons (Fsp3) is 0.188. The van der Waals surface area contributed by atoms with Crippen LogP contribution >= 0.6 is 11.6 Å². The van der Waals surface area contributed by atoms with Gasteiger partial charge in [0.2, 0.25) is 0 Å². The SMILES string of the molecule is O=C(O)c1ccnc2c1CN(C(=O)Nc1cccc(Cl)c1)CC2. The standard InChI is InChI=1S/C16H14ClN3O3/c17-10-2-1-3-11(8-10)19-16(23)20-7-5-14-13(9-20)12(15(21)22)4-6-18-14/h1-4,6,8H,5,7,9H2,(H,19,23)(H,21,22). The van der Waals surface area contributed by atoms with Crippen LogP contribution in [0.1, 0.15) is 21.6 Å². The van der Waals surface area contributed by atoms with Crippen molar-refractivity contribution in [2.24, 2.45) is 0 Å². The quantitative estimate of drug-likeness (QED) is 0.886. The first kappa shape index (κ1) is 15.3. The molecule has 0 spiro atoms. The monoisotopic (exact) mass is 331 g/mol. The summed E-state index contributed by atoms with van der Waals surface area (Å²) in [7, 11) is 0. The van der Waals surface area contributed by atoms with Crippen molar-refractivity contribution in [1.29, 1.82) is 0 Å². The van der Waals surface area contributed by atoms with Crippen LogP contribution in [-0.4, -0.2) is 33.5 Å². The number of aromatic nitrogens is 1. The zero-order valence-corrected chi connectivity index (χ0v) is 12.9. The molecule has 1 aromatic heterocycles. The summed E-state index contributed by atoms with van der Waals surface area (Å²) < 4.78 is 0. The molecule has 0 saturated heterocycles. The Morgan fingerprint density at radius 3 is 2.87 bits per heavy atom. The zero-order chi connectivity index (χ0) is 16.4. The molecular weight excluding hydrogens is 318 g/mol. The number of hydrogen-bond acceptors (Lipinski definition) is 3. The van der Waals surface area contributed by atoms with Gasteiger partial charge < -0.3 is 15.3 Å². The fourth-order valence-electron chi connectivity index (χ4n) is 2.58. The van der Waals surface area contributed by atoms with Crippen molar-refractivity contribution in [2.75, 3.05) is 11.9 Å². The minimum atomic E-state index is -1.01. The van der Waals surface area contributed by atoms with E-state index in [-0.39, 0.29) is 18.1 Å². The summed E-state index contributed by atoms with van der Waals surface area (Å²) in [6.45, 7) is 0.701. The summed E-state index contributed by atoms with van der Waals surface area (Å²) in [5.41, 5.74) is 2.11. The highest BCUT2D eigenvalue weighted by Gasteiger charge is 2.25. The first-order valence-corrected chi connectivity index (χ1v) is 7.44. The normalized spacial score (nSPS) is 13.3. The van der Waals surface area contributed by atoms with Crippen molar-refractivity contribution >= 4 is 29.3 Å². The van der Waals surface area contributed by atoms with E-state index < -0.39 is 5.97 Å². The van der Waals surface area contributed by atoms with E-state index in [9.17, 15) is 14.7 Å². The van der Waals surface area contributed by atoms with Gasteiger partial charge in [-0.2, -0.15) is 0 Å². The number of amides is 2. The third-order valence-corrected chi connectivity index (χ3v) is 3.94. The average Bonchev–Trinajstić information content (AvgIpc) is 2.53. The van der Waals surface area contributed by atoms with Crippen LogP contribution < -0.4 is 5.32 Å². The molecule has 1 aromatic carbocycles. The van der Waals surface area contributed by atoms with Gasteiger partial charge >= 0.3 is 12.0 Å². The van der Waals surface area contributed by atoms with Crippen LogP contribution in [0.2, 0.25) is 5.02 Å². The summed E-state index contributed by atoms with van der Waals surface area (Å²) >= 11 is 5.90. The van der Waals surface area contributed by atoms with Gasteiger partial charge in [-0.05, 0) is 24.3 Å². The molecule has 0 saturated carbocycles. The second-order valence-electron chi connectivity index (χ2n) is 5.20. The Balaban J connectivity index is 1.79. The van der Waals surface area contributed by atoms with Gasteiger partial charge in [0.1, 0.15) is 0 Å². The van der Waals surface area contributed by atoms with E-state index in [4.69, 9.17) is 11.6 Å². The molecule has 0 unspecified atom stereocenters. The lowest BCUT2D eigenvalue weighted by molar-refractivity contribution is 0.0693. The minimum Gasteiger partial charge on any atom is -0.478 e. The van der Waals surface area contributed by atoms with Crippen LogP contribution in [-0.2, 0) is 13.0 Å². The van der Waals surface area contributed by atoms with E-state index in [0.29, 0.717) is 29.2 Å². The number of nitrogens with one attached hydrogen (secondary N) is 1. The summed E-state index contributed by atoms with van der Waals surface area (Å²) in [5.74, 6) is -1.01. The van der Waals surface area contributed by atoms with Gasteiger partial charge in [-0.1, -0.05) is 17.7 Å². The highest BCUT2D eigenvalue weighted by atomic mass is 35.5. The highest BCUT2D eigenvalue weighted by molar-refractivity contribution is 6.30. The molecule has 2 aromatic rings. The van der Waals surface area contributed by atoms with Gasteiger partial charge in [-0.25, -0.2) is 9.59 Å². The number of aromatic carboxylic acids is 1. The number of pyridine rings is 1. The zero-order valence-electron chi connectivity index (χ0n) is 12.1. The van der Waals surface area contributed by atoms with Crippen LogP contribution in [0.5, 0.6) is 0 Å². The molecule has 1 aliphatic heterocycles. The topological polar surface area (TPSA) is 82.5 Å². The predicted octanol–water partition coefficient (Wildman–Crippen LogP) is 3.02. The maximum absolute atomic E-state index is 12.4. The van der Waals surface area contributed by atoms with E-state index in [1.807, 2.05) is 0 Å². The summed E-state index contributed by atoms with van der Waals surface area (Å²) in [5, 5.41) is 12.6. The molecule has 23 heavy (non-hydrogen) atoms. The van der Waals surface area contributed by atoms with E-state index in [0.717, 1.165) is 5.69 Å². The van der Waals surface area contributed by atoms with Crippen LogP contribution in [0.25, 0.3) is 0 Å². The largest absolute Gasteiger partial charge is 0.478 e. The molecule has 2 N–H and O–H groups in total. The number of fused-ring (bicyclic) bond motifs is 1. The number of carboxylic acid groups (broad SMARTS) is 1. The maximum atomic E-state index is 12.4. The second kappa shape index (κ2) is 6.26. The van der Waals surface area contributed by atoms with Crippen molar-refractivity contribution in [2.45, 2.75) is 13.0 Å². The van der Waals surface area contributed by atoms with Crippen molar-refractivity contribution in [3.8, 4) is 0 Å². The Morgan fingerprint density at radius 2 is 2.13 bits per heavy atom. The van der Waals surface area contributed by atoms with Gasteiger partial charge in [0.15, 0.2) is 0 Å². The lowest BCUT2D eigenvalue weighted by atomic mass is 10.0. The molecule has 2 heterocycles. The summed E-state index contributed by atoms with van der Waals surface area (Å²) in [4.78, 5) is 29.5. The molecule has 6 nitrogen and oxygen atoms in total. The van der Waals surface area contributed by atoms with Crippen LogP contribution in [0.4, 0.5) is 10.5 Å². The molecule has 3 rings (SSSR count). The van der Waals surface area contributed by atoms with Gasteiger partial charge in [0.05, 0.1) is 12.1 Å². The Hall–Kier alpha value is -2.60. The van der Waals surface area contributed by atoms with E-state index >= 15 is 0 Å². The first-order chi connectivity index (χ1) is 11.0. The molecule has 118 valence electrons.